The Bertz CT molecular complexity index is 940. The van der Waals surface area contributed by atoms with Crippen LogP contribution in [-0.2, 0) is 16.0 Å². The molecular formula is C24H27FN2O3. The highest BCUT2D eigenvalue weighted by Crippen LogP contribution is 2.37. The van der Waals surface area contributed by atoms with E-state index >= 15 is 0 Å². The van der Waals surface area contributed by atoms with E-state index in [0.717, 1.165) is 36.0 Å². The van der Waals surface area contributed by atoms with Gasteiger partial charge in [0.2, 0.25) is 5.91 Å². The second-order valence-electron chi connectivity index (χ2n) is 8.05. The van der Waals surface area contributed by atoms with Crippen LogP contribution in [-0.4, -0.2) is 35.4 Å². The lowest BCUT2D eigenvalue weighted by molar-refractivity contribution is -0.133. The van der Waals surface area contributed by atoms with Crippen molar-refractivity contribution in [2.45, 2.75) is 57.7 Å². The van der Waals surface area contributed by atoms with Crippen LogP contribution in [0.5, 0.6) is 5.75 Å². The molecule has 2 amide bonds. The van der Waals surface area contributed by atoms with E-state index in [1.807, 2.05) is 30.0 Å². The number of carbonyl (C=O) groups excluding carboxylic acids is 2. The molecule has 6 heteroatoms. The van der Waals surface area contributed by atoms with Crippen molar-refractivity contribution in [2.75, 3.05) is 6.54 Å². The van der Waals surface area contributed by atoms with Crippen LogP contribution in [0.25, 0.3) is 0 Å². The van der Waals surface area contributed by atoms with Gasteiger partial charge in [0.1, 0.15) is 11.6 Å². The molecule has 158 valence electrons. The molecule has 1 N–H and O–H groups in total. The summed E-state index contributed by atoms with van der Waals surface area (Å²) in [6.45, 7) is 4.20. The predicted octanol–water partition coefficient (Wildman–Crippen LogP) is 3.76. The predicted molar refractivity (Wildman–Crippen MR) is 112 cm³/mol. The van der Waals surface area contributed by atoms with E-state index in [1.54, 1.807) is 19.1 Å². The third kappa shape index (κ3) is 4.32. The van der Waals surface area contributed by atoms with E-state index in [9.17, 15) is 14.0 Å². The largest absolute Gasteiger partial charge is 0.481 e. The molecular weight excluding hydrogens is 383 g/mol. The number of nitrogens with one attached hydrogen (secondary N) is 1. The van der Waals surface area contributed by atoms with Gasteiger partial charge in [-0.25, -0.2) is 4.39 Å². The highest BCUT2D eigenvalue weighted by Gasteiger charge is 2.32. The van der Waals surface area contributed by atoms with Crippen molar-refractivity contribution in [2.24, 2.45) is 0 Å². The molecule has 0 bridgehead atoms. The van der Waals surface area contributed by atoms with E-state index in [1.165, 1.54) is 12.1 Å². The Balaban J connectivity index is 1.64. The van der Waals surface area contributed by atoms with Crippen molar-refractivity contribution in [3.8, 4) is 5.75 Å². The summed E-state index contributed by atoms with van der Waals surface area (Å²) < 4.78 is 19.4. The molecule has 2 atom stereocenters. The van der Waals surface area contributed by atoms with Gasteiger partial charge in [0, 0.05) is 19.0 Å². The summed E-state index contributed by atoms with van der Waals surface area (Å²) in [5.74, 6) is 0.215. The molecule has 2 aromatic rings. The van der Waals surface area contributed by atoms with Gasteiger partial charge in [-0.15, -0.1) is 0 Å². The van der Waals surface area contributed by atoms with Gasteiger partial charge in [0.05, 0.1) is 6.04 Å². The molecule has 2 aromatic carbocycles. The quantitative estimate of drug-likeness (QED) is 0.789. The normalized spacial score (nSPS) is 19.0. The first kappa shape index (κ1) is 20.4. The molecule has 2 unspecified atom stereocenters. The van der Waals surface area contributed by atoms with Crippen molar-refractivity contribution in [1.82, 2.24) is 10.2 Å². The van der Waals surface area contributed by atoms with Crippen molar-refractivity contribution in [3.63, 3.8) is 0 Å². The van der Waals surface area contributed by atoms with Crippen LogP contribution in [0.3, 0.4) is 0 Å². The second-order valence-corrected chi connectivity index (χ2v) is 8.05. The first-order chi connectivity index (χ1) is 14.5. The Labute approximate surface area is 176 Å². The molecule has 2 aliphatic rings. The third-order valence-corrected chi connectivity index (χ3v) is 5.76. The maximum Gasteiger partial charge on any atom is 0.260 e. The molecule has 0 spiro atoms. The van der Waals surface area contributed by atoms with Crippen LogP contribution < -0.4 is 10.1 Å². The average molecular weight is 410 g/mol. The summed E-state index contributed by atoms with van der Waals surface area (Å²) >= 11 is 0. The summed E-state index contributed by atoms with van der Waals surface area (Å²) in [7, 11) is 0. The van der Waals surface area contributed by atoms with Crippen molar-refractivity contribution in [1.29, 1.82) is 0 Å². The van der Waals surface area contributed by atoms with Crippen molar-refractivity contribution in [3.05, 3.63) is 65.0 Å². The van der Waals surface area contributed by atoms with E-state index in [2.05, 4.69) is 5.32 Å². The highest BCUT2D eigenvalue weighted by atomic mass is 19.1. The zero-order valence-corrected chi connectivity index (χ0v) is 17.4. The molecule has 5 nitrogen and oxygen atoms in total. The standard InChI is InChI=1S/C24H27FN2O3/c1-3-22(28)27-13-12-16-6-11-20(30-15(2)24(29)26-19-9-10-19)14-21(16)23(27)17-4-7-18(25)8-5-17/h4-8,11,14-15,19,23H,3,9-10,12-13H2,1-2H3,(H,26,29). The minimum atomic E-state index is -0.607. The summed E-state index contributed by atoms with van der Waals surface area (Å²) in [5.41, 5.74) is 2.95. The lowest BCUT2D eigenvalue weighted by atomic mass is 9.87. The highest BCUT2D eigenvalue weighted by molar-refractivity contribution is 5.81. The van der Waals surface area contributed by atoms with Gasteiger partial charge in [-0.2, -0.15) is 0 Å². The molecule has 1 saturated carbocycles. The number of ether oxygens (including phenoxy) is 1. The summed E-state index contributed by atoms with van der Waals surface area (Å²) in [6, 6.07) is 12.1. The van der Waals surface area contributed by atoms with Gasteiger partial charge in [0.15, 0.2) is 6.10 Å². The van der Waals surface area contributed by atoms with Gasteiger partial charge in [-0.3, -0.25) is 9.59 Å². The molecule has 30 heavy (non-hydrogen) atoms. The second kappa shape index (κ2) is 8.46. The van der Waals surface area contributed by atoms with E-state index in [4.69, 9.17) is 4.74 Å². The van der Waals surface area contributed by atoms with Gasteiger partial charge < -0.3 is 15.0 Å². The molecule has 1 fully saturated rings. The fourth-order valence-corrected chi connectivity index (χ4v) is 3.95. The van der Waals surface area contributed by atoms with Crippen LogP contribution in [0.4, 0.5) is 4.39 Å². The molecule has 1 heterocycles. The topological polar surface area (TPSA) is 58.6 Å². The lowest BCUT2D eigenvalue weighted by Gasteiger charge is -2.38. The molecule has 0 radical (unpaired) electrons. The van der Waals surface area contributed by atoms with Gasteiger partial charge in [-0.1, -0.05) is 25.1 Å². The Morgan fingerprint density at radius 3 is 2.60 bits per heavy atom. The number of carbonyl (C=O) groups is 2. The number of nitrogens with zero attached hydrogens (tertiary/aromatic N) is 1. The monoisotopic (exact) mass is 410 g/mol. The summed E-state index contributed by atoms with van der Waals surface area (Å²) in [5, 5.41) is 2.95. The SMILES string of the molecule is CCC(=O)N1CCc2ccc(OC(C)C(=O)NC3CC3)cc2C1c1ccc(F)cc1. The fourth-order valence-electron chi connectivity index (χ4n) is 3.95. The van der Waals surface area contributed by atoms with Gasteiger partial charge in [-0.05, 0) is 67.1 Å². The zero-order chi connectivity index (χ0) is 21.3. The molecule has 1 aliphatic carbocycles. The van der Waals surface area contributed by atoms with E-state index in [0.29, 0.717) is 18.7 Å². The molecule has 0 aromatic heterocycles. The lowest BCUT2D eigenvalue weighted by Crippen LogP contribution is -2.40. The Morgan fingerprint density at radius 2 is 1.93 bits per heavy atom. The van der Waals surface area contributed by atoms with Gasteiger partial charge in [0.25, 0.3) is 5.91 Å². The maximum absolute atomic E-state index is 13.5. The first-order valence-corrected chi connectivity index (χ1v) is 10.6. The van der Waals surface area contributed by atoms with Crippen LogP contribution >= 0.6 is 0 Å². The van der Waals surface area contributed by atoms with Crippen LogP contribution in [0.1, 0.15) is 55.8 Å². The number of hydrogen-bond acceptors (Lipinski definition) is 3. The Kier molecular flexibility index (Phi) is 5.75. The Morgan fingerprint density at radius 1 is 1.20 bits per heavy atom. The Hall–Kier alpha value is -2.89. The number of halogens is 1. The van der Waals surface area contributed by atoms with Crippen molar-refractivity contribution >= 4 is 11.8 Å². The third-order valence-electron chi connectivity index (χ3n) is 5.76. The van der Waals surface area contributed by atoms with E-state index in [-0.39, 0.29) is 29.7 Å². The maximum atomic E-state index is 13.5. The molecule has 1 aliphatic heterocycles. The number of hydrogen-bond donors (Lipinski definition) is 1. The molecule has 4 rings (SSSR count). The minimum Gasteiger partial charge on any atom is -0.481 e. The smallest absolute Gasteiger partial charge is 0.260 e. The number of amides is 2. The van der Waals surface area contributed by atoms with Crippen molar-refractivity contribution < 1.29 is 18.7 Å². The number of rotatable bonds is 6. The zero-order valence-electron chi connectivity index (χ0n) is 17.4. The number of benzene rings is 2. The van der Waals surface area contributed by atoms with Crippen LogP contribution in [0, 0.1) is 5.82 Å². The summed E-state index contributed by atoms with van der Waals surface area (Å²) in [4.78, 5) is 26.8. The number of fused-ring (bicyclic) bond motifs is 1. The average Bonchev–Trinajstić information content (AvgIpc) is 3.57. The first-order valence-electron chi connectivity index (χ1n) is 10.6. The van der Waals surface area contributed by atoms with Crippen LogP contribution in [0.15, 0.2) is 42.5 Å². The minimum absolute atomic E-state index is 0.0541. The fraction of sp³-hybridized carbons (Fsp3) is 0.417. The van der Waals surface area contributed by atoms with Crippen LogP contribution in [0.2, 0.25) is 0 Å². The summed E-state index contributed by atoms with van der Waals surface area (Å²) in [6.07, 6.45) is 2.60. The van der Waals surface area contributed by atoms with Gasteiger partial charge >= 0.3 is 0 Å². The van der Waals surface area contributed by atoms with E-state index < -0.39 is 6.10 Å². The molecule has 0 saturated heterocycles.